The Kier molecular flexibility index (Phi) is 4.04. The van der Waals surface area contributed by atoms with Crippen molar-refractivity contribution in [2.24, 2.45) is 5.92 Å². The second kappa shape index (κ2) is 5.57. The number of hydrogen-bond donors (Lipinski definition) is 1. The molecule has 0 aliphatic heterocycles. The third-order valence-corrected chi connectivity index (χ3v) is 3.57. The van der Waals surface area contributed by atoms with Crippen molar-refractivity contribution in [3.63, 3.8) is 0 Å². The molecule has 1 saturated carbocycles. The van der Waals surface area contributed by atoms with E-state index in [1.54, 1.807) is 32.3 Å². The van der Waals surface area contributed by atoms with Gasteiger partial charge in [0, 0.05) is 25.4 Å². The zero-order valence-corrected chi connectivity index (χ0v) is 11.4. The predicted molar refractivity (Wildman–Crippen MR) is 71.8 cm³/mol. The first-order valence-corrected chi connectivity index (χ1v) is 6.57. The van der Waals surface area contributed by atoms with E-state index in [0.29, 0.717) is 18.0 Å². The molecule has 104 valence electrons. The summed E-state index contributed by atoms with van der Waals surface area (Å²) in [6, 6.07) is 3.48. The molecular weight excluding hydrogens is 244 g/mol. The summed E-state index contributed by atoms with van der Waals surface area (Å²) in [6.45, 7) is 2.09. The van der Waals surface area contributed by atoms with E-state index < -0.39 is 6.10 Å². The van der Waals surface area contributed by atoms with Gasteiger partial charge in [0.05, 0.1) is 6.10 Å². The lowest BCUT2D eigenvalue weighted by atomic mass is 10.2. The zero-order chi connectivity index (χ0) is 14.0. The van der Waals surface area contributed by atoms with Crippen LogP contribution in [0.15, 0.2) is 23.1 Å². The molecule has 0 aromatic carbocycles. The second-order valence-corrected chi connectivity index (χ2v) is 5.30. The van der Waals surface area contributed by atoms with Crippen LogP contribution >= 0.6 is 0 Å². The highest BCUT2D eigenvalue weighted by Crippen LogP contribution is 2.32. The Hall–Kier alpha value is -1.62. The normalized spacial score (nSPS) is 16.2. The van der Waals surface area contributed by atoms with Gasteiger partial charge >= 0.3 is 0 Å². The topological polar surface area (TPSA) is 62.5 Å². The SMILES string of the molecule is Cc1cccn(CC(=O)N(C)CC(O)C2CC2)c1=O. The van der Waals surface area contributed by atoms with Crippen molar-refractivity contribution in [3.05, 3.63) is 34.2 Å². The lowest BCUT2D eigenvalue weighted by Gasteiger charge is -2.21. The molecule has 0 bridgehead atoms. The molecule has 1 aromatic heterocycles. The minimum absolute atomic E-state index is 0.0222. The van der Waals surface area contributed by atoms with Crippen molar-refractivity contribution in [2.45, 2.75) is 32.4 Å². The van der Waals surface area contributed by atoms with E-state index in [1.807, 2.05) is 0 Å². The summed E-state index contributed by atoms with van der Waals surface area (Å²) in [5.74, 6) is 0.185. The molecule has 1 aliphatic carbocycles. The van der Waals surface area contributed by atoms with E-state index in [2.05, 4.69) is 0 Å². The number of aliphatic hydroxyl groups excluding tert-OH is 1. The molecule has 5 heteroatoms. The van der Waals surface area contributed by atoms with Crippen molar-refractivity contribution in [3.8, 4) is 0 Å². The number of carbonyl (C=O) groups is 1. The third-order valence-electron chi connectivity index (χ3n) is 3.57. The number of amides is 1. The van der Waals surface area contributed by atoms with Crippen LogP contribution in [0, 0.1) is 12.8 Å². The zero-order valence-electron chi connectivity index (χ0n) is 11.4. The van der Waals surface area contributed by atoms with Gasteiger partial charge in [0.1, 0.15) is 6.54 Å². The van der Waals surface area contributed by atoms with Crippen LogP contribution in [0.3, 0.4) is 0 Å². The minimum Gasteiger partial charge on any atom is -0.391 e. The Labute approximate surface area is 112 Å². The molecule has 1 N–H and O–H groups in total. The molecule has 1 unspecified atom stereocenters. The van der Waals surface area contributed by atoms with Gasteiger partial charge in [-0.05, 0) is 31.7 Å². The van der Waals surface area contributed by atoms with Gasteiger partial charge in [-0.2, -0.15) is 0 Å². The maximum Gasteiger partial charge on any atom is 0.253 e. The van der Waals surface area contributed by atoms with Gasteiger partial charge in [0.25, 0.3) is 5.56 Å². The molecule has 2 rings (SSSR count). The standard InChI is InChI=1S/C14H20N2O3/c1-10-4-3-7-16(14(10)19)9-13(18)15(2)8-12(17)11-5-6-11/h3-4,7,11-12,17H,5-6,8-9H2,1-2H3. The van der Waals surface area contributed by atoms with Gasteiger partial charge in [-0.15, -0.1) is 0 Å². The lowest BCUT2D eigenvalue weighted by molar-refractivity contribution is -0.132. The fourth-order valence-electron chi connectivity index (χ4n) is 2.06. The second-order valence-electron chi connectivity index (χ2n) is 5.30. The van der Waals surface area contributed by atoms with Crippen molar-refractivity contribution in [1.29, 1.82) is 0 Å². The number of likely N-dealkylation sites (N-methyl/N-ethyl adjacent to an activating group) is 1. The largest absolute Gasteiger partial charge is 0.391 e. The molecule has 1 heterocycles. The van der Waals surface area contributed by atoms with E-state index in [4.69, 9.17) is 0 Å². The van der Waals surface area contributed by atoms with Crippen LogP contribution in [0.25, 0.3) is 0 Å². The van der Waals surface area contributed by atoms with Crippen LogP contribution < -0.4 is 5.56 Å². The molecule has 1 amide bonds. The van der Waals surface area contributed by atoms with Crippen molar-refractivity contribution < 1.29 is 9.90 Å². The molecule has 1 aliphatic rings. The molecule has 5 nitrogen and oxygen atoms in total. The van der Waals surface area contributed by atoms with Crippen LogP contribution in [0.1, 0.15) is 18.4 Å². The molecule has 0 saturated heterocycles. The minimum atomic E-state index is -0.441. The van der Waals surface area contributed by atoms with Crippen LogP contribution in [-0.2, 0) is 11.3 Å². The smallest absolute Gasteiger partial charge is 0.253 e. The van der Waals surface area contributed by atoms with Gasteiger partial charge in [0.2, 0.25) is 5.91 Å². The molecule has 19 heavy (non-hydrogen) atoms. The Bertz CT molecular complexity index is 520. The molecular formula is C14H20N2O3. The van der Waals surface area contributed by atoms with Crippen LogP contribution in [-0.4, -0.2) is 40.2 Å². The van der Waals surface area contributed by atoms with Gasteiger partial charge < -0.3 is 14.6 Å². The average Bonchev–Trinajstić information content (AvgIpc) is 3.18. The number of pyridine rings is 1. The van der Waals surface area contributed by atoms with Crippen LogP contribution in [0.5, 0.6) is 0 Å². The highest BCUT2D eigenvalue weighted by molar-refractivity contribution is 5.75. The van der Waals surface area contributed by atoms with Crippen LogP contribution in [0.4, 0.5) is 0 Å². The Morgan fingerprint density at radius 3 is 2.89 bits per heavy atom. The molecule has 1 aromatic rings. The summed E-state index contributed by atoms with van der Waals surface area (Å²) in [5.41, 5.74) is 0.475. The van der Waals surface area contributed by atoms with Crippen molar-refractivity contribution >= 4 is 5.91 Å². The summed E-state index contributed by atoms with van der Waals surface area (Å²) in [5, 5.41) is 9.81. The fourth-order valence-corrected chi connectivity index (χ4v) is 2.06. The highest BCUT2D eigenvalue weighted by Gasteiger charge is 2.31. The predicted octanol–water partition coefficient (Wildman–Crippen LogP) is 0.386. The molecule has 0 spiro atoms. The van der Waals surface area contributed by atoms with Gasteiger partial charge in [-0.25, -0.2) is 0 Å². The fraction of sp³-hybridized carbons (Fsp3) is 0.571. The number of aryl methyl sites for hydroxylation is 1. The average molecular weight is 264 g/mol. The number of aromatic nitrogens is 1. The van der Waals surface area contributed by atoms with E-state index in [0.717, 1.165) is 12.8 Å². The number of carbonyl (C=O) groups excluding carboxylic acids is 1. The number of rotatable bonds is 5. The Morgan fingerprint density at radius 1 is 1.58 bits per heavy atom. The maximum absolute atomic E-state index is 12.0. The number of aliphatic hydroxyl groups is 1. The number of nitrogens with zero attached hydrogens (tertiary/aromatic N) is 2. The Balaban J connectivity index is 1.96. The van der Waals surface area contributed by atoms with Crippen LogP contribution in [0.2, 0.25) is 0 Å². The first kappa shape index (κ1) is 13.8. The molecule has 0 radical (unpaired) electrons. The van der Waals surface area contributed by atoms with Gasteiger partial charge in [-0.3, -0.25) is 9.59 Å². The van der Waals surface area contributed by atoms with Gasteiger partial charge in [0.15, 0.2) is 0 Å². The van der Waals surface area contributed by atoms with E-state index in [1.165, 1.54) is 9.47 Å². The third kappa shape index (κ3) is 3.44. The number of hydrogen-bond acceptors (Lipinski definition) is 3. The van der Waals surface area contributed by atoms with E-state index >= 15 is 0 Å². The summed E-state index contributed by atoms with van der Waals surface area (Å²) in [7, 11) is 1.66. The Morgan fingerprint density at radius 2 is 2.26 bits per heavy atom. The van der Waals surface area contributed by atoms with Crippen molar-refractivity contribution in [2.75, 3.05) is 13.6 Å². The first-order chi connectivity index (χ1) is 8.99. The highest BCUT2D eigenvalue weighted by atomic mass is 16.3. The molecule has 1 fully saturated rings. The quantitative estimate of drug-likeness (QED) is 0.836. The maximum atomic E-state index is 12.0. The first-order valence-electron chi connectivity index (χ1n) is 6.57. The monoisotopic (exact) mass is 264 g/mol. The lowest BCUT2D eigenvalue weighted by Crippen LogP contribution is -2.39. The summed E-state index contributed by atoms with van der Waals surface area (Å²) in [4.78, 5) is 25.3. The van der Waals surface area contributed by atoms with E-state index in [9.17, 15) is 14.7 Å². The summed E-state index contributed by atoms with van der Waals surface area (Å²) < 4.78 is 1.40. The van der Waals surface area contributed by atoms with Gasteiger partial charge in [-0.1, -0.05) is 6.07 Å². The summed E-state index contributed by atoms with van der Waals surface area (Å²) in [6.07, 6.45) is 3.25. The molecule has 1 atom stereocenters. The summed E-state index contributed by atoms with van der Waals surface area (Å²) >= 11 is 0. The van der Waals surface area contributed by atoms with Crippen molar-refractivity contribution in [1.82, 2.24) is 9.47 Å². The van der Waals surface area contributed by atoms with E-state index in [-0.39, 0.29) is 18.0 Å².